The maximum absolute atomic E-state index is 12.9. The van der Waals surface area contributed by atoms with Crippen molar-refractivity contribution in [2.75, 3.05) is 40.9 Å². The molecule has 8 nitrogen and oxygen atoms in total. The molecule has 0 saturated heterocycles. The van der Waals surface area contributed by atoms with E-state index >= 15 is 0 Å². The zero-order valence-corrected chi connectivity index (χ0v) is 40.7. The Balaban J connectivity index is 4.28. The van der Waals surface area contributed by atoms with Gasteiger partial charge in [0.15, 0.2) is 0 Å². The van der Waals surface area contributed by atoms with Crippen LogP contribution in [0.15, 0.2) is 24.3 Å². The van der Waals surface area contributed by atoms with Gasteiger partial charge in [-0.25, -0.2) is 4.57 Å². The van der Waals surface area contributed by atoms with Crippen LogP contribution in [0.3, 0.4) is 0 Å². The molecule has 3 unspecified atom stereocenters. The molecule has 0 aromatic heterocycles. The van der Waals surface area contributed by atoms with Gasteiger partial charge in [0.1, 0.15) is 13.2 Å². The van der Waals surface area contributed by atoms with E-state index in [1.807, 2.05) is 27.2 Å². The Morgan fingerprint density at radius 3 is 1.36 bits per heavy atom. The summed E-state index contributed by atoms with van der Waals surface area (Å²) >= 11 is 0. The normalized spacial score (nSPS) is 14.4. The molecular formula is C50H100N2O6P+. The molecule has 0 aromatic rings. The first kappa shape index (κ1) is 58.0. The Hall–Kier alpha value is -1.02. The fourth-order valence-corrected chi connectivity index (χ4v) is 8.15. The molecule has 3 atom stereocenters. The second kappa shape index (κ2) is 42.3. The molecule has 0 rings (SSSR count). The van der Waals surface area contributed by atoms with Crippen molar-refractivity contribution in [1.29, 1.82) is 0 Å². The van der Waals surface area contributed by atoms with Crippen LogP contribution in [0.25, 0.3) is 0 Å². The van der Waals surface area contributed by atoms with Crippen LogP contribution in [-0.4, -0.2) is 73.4 Å². The first-order valence-corrected chi connectivity index (χ1v) is 26.7. The van der Waals surface area contributed by atoms with Crippen LogP contribution in [0, 0.1) is 0 Å². The van der Waals surface area contributed by atoms with Crippen LogP contribution in [0.5, 0.6) is 0 Å². The van der Waals surface area contributed by atoms with Crippen molar-refractivity contribution in [3.8, 4) is 0 Å². The largest absolute Gasteiger partial charge is 0.472 e. The highest BCUT2D eigenvalue weighted by atomic mass is 31.2. The zero-order valence-electron chi connectivity index (χ0n) is 39.8. The van der Waals surface area contributed by atoms with Crippen molar-refractivity contribution < 1.29 is 32.9 Å². The van der Waals surface area contributed by atoms with Crippen molar-refractivity contribution in [1.82, 2.24) is 5.32 Å². The van der Waals surface area contributed by atoms with E-state index in [0.717, 1.165) is 38.5 Å². The van der Waals surface area contributed by atoms with Crippen LogP contribution < -0.4 is 5.32 Å². The summed E-state index contributed by atoms with van der Waals surface area (Å²) in [6.07, 6.45) is 51.2. The van der Waals surface area contributed by atoms with Gasteiger partial charge in [0, 0.05) is 6.42 Å². The lowest BCUT2D eigenvalue weighted by Crippen LogP contribution is -2.45. The predicted octanol–water partition coefficient (Wildman–Crippen LogP) is 14.5. The number of aliphatic hydroxyl groups is 1. The van der Waals surface area contributed by atoms with E-state index in [1.165, 1.54) is 180 Å². The Morgan fingerprint density at radius 2 is 0.932 bits per heavy atom. The number of aliphatic hydroxyl groups excluding tert-OH is 1. The van der Waals surface area contributed by atoms with Gasteiger partial charge in [0.2, 0.25) is 5.91 Å². The number of phosphoric ester groups is 1. The first-order chi connectivity index (χ1) is 28.5. The van der Waals surface area contributed by atoms with Crippen molar-refractivity contribution in [3.05, 3.63) is 24.3 Å². The molecule has 0 aliphatic carbocycles. The van der Waals surface area contributed by atoms with Crippen molar-refractivity contribution in [2.45, 2.75) is 251 Å². The molecular weight excluding hydrogens is 756 g/mol. The van der Waals surface area contributed by atoms with Crippen molar-refractivity contribution in [2.24, 2.45) is 0 Å². The SMILES string of the molecule is CCCCCCCCCCC/C=C/CC/C=C/C(O)C(COP(=O)(O)OCC[N+](C)(C)C)NC(=O)CCCCCCCCCCCCCCCCCCCCCCCC. The number of carbonyl (C=O) groups excluding carboxylic acids is 1. The second-order valence-electron chi connectivity index (χ2n) is 18.5. The van der Waals surface area contributed by atoms with E-state index in [9.17, 15) is 19.4 Å². The molecule has 3 N–H and O–H groups in total. The molecule has 350 valence electrons. The molecule has 0 spiro atoms. The third-order valence-corrected chi connectivity index (χ3v) is 12.4. The molecule has 0 aliphatic rings. The summed E-state index contributed by atoms with van der Waals surface area (Å²) in [5.74, 6) is -0.183. The minimum Gasteiger partial charge on any atom is -0.387 e. The van der Waals surface area contributed by atoms with Gasteiger partial charge in [-0.3, -0.25) is 13.8 Å². The number of quaternary nitrogens is 1. The molecule has 59 heavy (non-hydrogen) atoms. The number of phosphoric acid groups is 1. The lowest BCUT2D eigenvalue weighted by Gasteiger charge is -2.25. The lowest BCUT2D eigenvalue weighted by molar-refractivity contribution is -0.870. The first-order valence-electron chi connectivity index (χ1n) is 25.2. The Labute approximate surface area is 366 Å². The van der Waals surface area contributed by atoms with E-state index in [1.54, 1.807) is 6.08 Å². The van der Waals surface area contributed by atoms with Crippen LogP contribution in [-0.2, 0) is 18.4 Å². The predicted molar refractivity (Wildman–Crippen MR) is 254 cm³/mol. The molecule has 0 aliphatic heterocycles. The quantitative estimate of drug-likeness (QED) is 0.0244. The average Bonchev–Trinajstić information content (AvgIpc) is 3.19. The van der Waals surface area contributed by atoms with Crippen molar-refractivity contribution >= 4 is 13.7 Å². The van der Waals surface area contributed by atoms with Gasteiger partial charge >= 0.3 is 7.82 Å². The molecule has 0 saturated carbocycles. The van der Waals surface area contributed by atoms with E-state index in [2.05, 4.69) is 31.3 Å². The molecule has 9 heteroatoms. The molecule has 1 amide bonds. The second-order valence-corrected chi connectivity index (χ2v) is 20.0. The number of nitrogens with one attached hydrogen (secondary N) is 1. The summed E-state index contributed by atoms with van der Waals surface area (Å²) in [6, 6.07) is -0.858. The minimum atomic E-state index is -4.34. The summed E-state index contributed by atoms with van der Waals surface area (Å²) < 4.78 is 23.6. The standard InChI is InChI=1S/C50H99N2O6P/c1-6-8-10-12-14-16-18-20-22-23-24-25-26-27-28-30-32-34-36-38-40-42-44-50(54)51-48(47-58-59(55,56)57-46-45-52(3,4)5)49(53)43-41-39-37-35-33-31-29-21-19-17-15-13-11-9-7-2/h33,35,41,43,48-49,53H,6-32,34,36-40,42,44-47H2,1-5H3,(H-,51,54,55,56)/p+1/b35-33+,43-41+. The summed E-state index contributed by atoms with van der Waals surface area (Å²) in [4.78, 5) is 23.2. The maximum atomic E-state index is 12.9. The minimum absolute atomic E-state index is 0.0584. The van der Waals surface area contributed by atoms with Crippen LogP contribution >= 0.6 is 7.82 Å². The van der Waals surface area contributed by atoms with Gasteiger partial charge in [-0.05, 0) is 32.1 Å². The van der Waals surface area contributed by atoms with Crippen LogP contribution in [0.1, 0.15) is 239 Å². The highest BCUT2D eigenvalue weighted by Gasteiger charge is 2.27. The zero-order chi connectivity index (χ0) is 43.6. The summed E-state index contributed by atoms with van der Waals surface area (Å²) in [7, 11) is 1.56. The number of hydrogen-bond acceptors (Lipinski definition) is 5. The van der Waals surface area contributed by atoms with Gasteiger partial charge < -0.3 is 19.8 Å². The Morgan fingerprint density at radius 1 is 0.559 bits per heavy atom. The van der Waals surface area contributed by atoms with Gasteiger partial charge in [0.25, 0.3) is 0 Å². The highest BCUT2D eigenvalue weighted by Crippen LogP contribution is 2.43. The monoisotopic (exact) mass is 856 g/mol. The lowest BCUT2D eigenvalue weighted by atomic mass is 10.0. The number of unbranched alkanes of at least 4 members (excludes halogenated alkanes) is 31. The Kier molecular flexibility index (Phi) is 41.6. The topological polar surface area (TPSA) is 105 Å². The number of amides is 1. The molecule has 0 radical (unpaired) electrons. The number of hydrogen-bond donors (Lipinski definition) is 3. The summed E-state index contributed by atoms with van der Waals surface area (Å²) in [5.41, 5.74) is 0. The summed E-state index contributed by atoms with van der Waals surface area (Å²) in [5, 5.41) is 13.8. The highest BCUT2D eigenvalue weighted by molar-refractivity contribution is 7.47. The Bertz CT molecular complexity index is 1020. The number of nitrogens with zero attached hydrogens (tertiary/aromatic N) is 1. The fraction of sp³-hybridized carbons (Fsp3) is 0.900. The van der Waals surface area contributed by atoms with E-state index < -0.39 is 20.0 Å². The molecule has 0 heterocycles. The number of carbonyl (C=O) groups is 1. The third kappa shape index (κ3) is 44.8. The van der Waals surface area contributed by atoms with Gasteiger partial charge in [-0.1, -0.05) is 224 Å². The van der Waals surface area contributed by atoms with Gasteiger partial charge in [0.05, 0.1) is 39.9 Å². The fourth-order valence-electron chi connectivity index (χ4n) is 7.41. The van der Waals surface area contributed by atoms with Crippen LogP contribution in [0.4, 0.5) is 0 Å². The van der Waals surface area contributed by atoms with E-state index in [-0.39, 0.29) is 19.1 Å². The average molecular weight is 856 g/mol. The third-order valence-electron chi connectivity index (χ3n) is 11.4. The van der Waals surface area contributed by atoms with E-state index in [4.69, 9.17) is 9.05 Å². The van der Waals surface area contributed by atoms with Crippen LogP contribution in [0.2, 0.25) is 0 Å². The smallest absolute Gasteiger partial charge is 0.387 e. The van der Waals surface area contributed by atoms with Gasteiger partial charge in [-0.2, -0.15) is 0 Å². The van der Waals surface area contributed by atoms with Gasteiger partial charge in [-0.15, -0.1) is 0 Å². The summed E-state index contributed by atoms with van der Waals surface area (Å²) in [6.45, 7) is 4.81. The number of allylic oxidation sites excluding steroid dienone is 3. The molecule has 0 fully saturated rings. The molecule has 0 bridgehead atoms. The number of likely N-dealkylation sites (N-methyl/N-ethyl adjacent to an activating group) is 1. The van der Waals surface area contributed by atoms with E-state index in [0.29, 0.717) is 17.4 Å². The van der Waals surface area contributed by atoms with Crippen molar-refractivity contribution in [3.63, 3.8) is 0 Å². The number of rotatable bonds is 46. The molecule has 0 aromatic carbocycles. The maximum Gasteiger partial charge on any atom is 0.472 e.